The number of halogens is 3. The van der Waals surface area contributed by atoms with Crippen LogP contribution in [0.5, 0.6) is 0 Å². The van der Waals surface area contributed by atoms with E-state index in [0.717, 1.165) is 0 Å². The van der Waals surface area contributed by atoms with E-state index < -0.39 is 12.3 Å². The molecule has 1 amide bonds. The molecule has 0 aliphatic heterocycles. The molecule has 0 radical (unpaired) electrons. The van der Waals surface area contributed by atoms with Crippen LogP contribution in [0.2, 0.25) is 5.02 Å². The highest BCUT2D eigenvalue weighted by Gasteiger charge is 2.18. The predicted molar refractivity (Wildman–Crippen MR) is 63.2 cm³/mol. The van der Waals surface area contributed by atoms with E-state index in [1.807, 2.05) is 0 Å². The highest BCUT2D eigenvalue weighted by Crippen LogP contribution is 2.28. The topological polar surface area (TPSA) is 46.9 Å². The highest BCUT2D eigenvalue weighted by molar-refractivity contribution is 6.33. The Labute approximate surface area is 106 Å². The van der Waals surface area contributed by atoms with Crippen molar-refractivity contribution in [2.75, 3.05) is 5.32 Å². The quantitative estimate of drug-likeness (QED) is 0.933. The molecule has 0 saturated carbocycles. The van der Waals surface area contributed by atoms with Gasteiger partial charge in [-0.25, -0.2) is 4.68 Å². The number of amides is 1. The first-order valence-corrected chi connectivity index (χ1v) is 5.35. The maximum Gasteiger partial charge on any atom is 0.315 e. The third-order valence-electron chi connectivity index (χ3n) is 2.18. The lowest BCUT2D eigenvalue weighted by Gasteiger charge is -2.12. The minimum absolute atomic E-state index is 0.177. The number of anilines is 1. The summed E-state index contributed by atoms with van der Waals surface area (Å²) in [5.41, 5.74) is 0.523. The normalized spacial score (nSPS) is 10.7. The zero-order valence-electron chi connectivity index (χ0n) is 8.98. The number of nitrogens with zero attached hydrogens (tertiary/aromatic N) is 2. The van der Waals surface area contributed by atoms with Gasteiger partial charge in [0.1, 0.15) is 5.69 Å². The predicted octanol–water partition coefficient (Wildman–Crippen LogP) is 2.73. The van der Waals surface area contributed by atoms with Crippen molar-refractivity contribution >= 4 is 23.2 Å². The molecule has 18 heavy (non-hydrogen) atoms. The minimum atomic E-state index is -3.09. The number of nitrogens with one attached hydrogen (secondary N) is 1. The maximum absolute atomic E-state index is 12.2. The Morgan fingerprint density at radius 2 is 2.17 bits per heavy atom. The molecule has 2 aromatic rings. The summed E-state index contributed by atoms with van der Waals surface area (Å²) in [7, 11) is 0. The molecule has 0 fully saturated rings. The molecule has 1 heterocycles. The Bertz CT molecular complexity index is 557. The summed E-state index contributed by atoms with van der Waals surface area (Å²) in [4.78, 5) is 11.0. The summed E-state index contributed by atoms with van der Waals surface area (Å²) in [5, 5.41) is 6.36. The average molecular weight is 272 g/mol. The molecule has 94 valence electrons. The van der Waals surface area contributed by atoms with Crippen molar-refractivity contribution in [3.05, 3.63) is 41.7 Å². The Morgan fingerprint density at radius 1 is 1.39 bits per heavy atom. The van der Waals surface area contributed by atoms with Crippen molar-refractivity contribution in [2.24, 2.45) is 0 Å². The maximum atomic E-state index is 12.2. The number of hydrogen-bond acceptors (Lipinski definition) is 2. The van der Waals surface area contributed by atoms with E-state index in [1.54, 1.807) is 24.4 Å². The smallest absolute Gasteiger partial charge is 0.315 e. The third kappa shape index (κ3) is 2.48. The fraction of sp³-hybridized carbons (Fsp3) is 0.0909. The second-order valence-electron chi connectivity index (χ2n) is 3.38. The number of alkyl halides is 2. The van der Waals surface area contributed by atoms with Gasteiger partial charge in [0.15, 0.2) is 0 Å². The second-order valence-corrected chi connectivity index (χ2v) is 3.78. The number of aromatic nitrogens is 2. The molecule has 0 unspecified atom stereocenters. The van der Waals surface area contributed by atoms with Gasteiger partial charge in [-0.2, -0.15) is 13.9 Å². The molecule has 1 aromatic heterocycles. The van der Waals surface area contributed by atoms with E-state index in [0.29, 0.717) is 10.7 Å². The van der Waals surface area contributed by atoms with Gasteiger partial charge in [-0.1, -0.05) is 17.7 Å². The molecule has 0 aliphatic rings. The SMILES string of the molecule is O=C(Nc1cccc(Cl)c1-n1cccn1)C(F)F. The van der Waals surface area contributed by atoms with Crippen molar-refractivity contribution in [2.45, 2.75) is 6.43 Å². The van der Waals surface area contributed by atoms with E-state index in [9.17, 15) is 13.6 Å². The Balaban J connectivity index is 2.42. The fourth-order valence-electron chi connectivity index (χ4n) is 1.44. The van der Waals surface area contributed by atoms with Gasteiger partial charge in [0.25, 0.3) is 5.91 Å². The van der Waals surface area contributed by atoms with Crippen LogP contribution in [-0.2, 0) is 4.79 Å². The lowest BCUT2D eigenvalue weighted by molar-refractivity contribution is -0.126. The summed E-state index contributed by atoms with van der Waals surface area (Å²) in [6.07, 6.45) is 0.0239. The van der Waals surface area contributed by atoms with Gasteiger partial charge >= 0.3 is 6.43 Å². The van der Waals surface area contributed by atoms with Gasteiger partial charge in [0.05, 0.1) is 10.7 Å². The number of benzene rings is 1. The number of rotatable bonds is 3. The van der Waals surface area contributed by atoms with Crippen molar-refractivity contribution in [3.63, 3.8) is 0 Å². The van der Waals surface area contributed by atoms with E-state index in [2.05, 4.69) is 10.4 Å². The van der Waals surface area contributed by atoms with Gasteiger partial charge in [-0.15, -0.1) is 0 Å². The van der Waals surface area contributed by atoms with Crippen molar-refractivity contribution in [3.8, 4) is 5.69 Å². The number of carbonyl (C=O) groups is 1. The van der Waals surface area contributed by atoms with E-state index in [-0.39, 0.29) is 5.69 Å². The minimum Gasteiger partial charge on any atom is -0.319 e. The van der Waals surface area contributed by atoms with Crippen LogP contribution in [-0.4, -0.2) is 22.1 Å². The van der Waals surface area contributed by atoms with Crippen LogP contribution in [0.4, 0.5) is 14.5 Å². The lowest BCUT2D eigenvalue weighted by Crippen LogP contribution is -2.21. The number of para-hydroxylation sites is 1. The van der Waals surface area contributed by atoms with E-state index in [1.165, 1.54) is 16.9 Å². The van der Waals surface area contributed by atoms with E-state index in [4.69, 9.17) is 11.6 Å². The molecule has 0 saturated heterocycles. The molecule has 1 aromatic carbocycles. The van der Waals surface area contributed by atoms with Crippen LogP contribution in [0.25, 0.3) is 5.69 Å². The monoisotopic (exact) mass is 271 g/mol. The lowest BCUT2D eigenvalue weighted by atomic mass is 10.2. The average Bonchev–Trinajstić information content (AvgIpc) is 2.82. The van der Waals surface area contributed by atoms with Crippen LogP contribution >= 0.6 is 11.6 Å². The fourth-order valence-corrected chi connectivity index (χ4v) is 1.70. The molecular weight excluding hydrogens is 264 g/mol. The first-order chi connectivity index (χ1) is 8.59. The van der Waals surface area contributed by atoms with Crippen LogP contribution in [0.3, 0.4) is 0 Å². The molecule has 0 atom stereocenters. The highest BCUT2D eigenvalue weighted by atomic mass is 35.5. The molecule has 7 heteroatoms. The Hall–Kier alpha value is -1.95. The van der Waals surface area contributed by atoms with Crippen LogP contribution in [0, 0.1) is 0 Å². The van der Waals surface area contributed by atoms with Crippen LogP contribution in [0.15, 0.2) is 36.7 Å². The molecule has 2 rings (SSSR count). The summed E-state index contributed by atoms with van der Waals surface area (Å²) in [5.74, 6) is -1.38. The molecule has 0 bridgehead atoms. The molecule has 4 nitrogen and oxygen atoms in total. The third-order valence-corrected chi connectivity index (χ3v) is 2.48. The summed E-state index contributed by atoms with van der Waals surface area (Å²) >= 11 is 5.98. The first-order valence-electron chi connectivity index (χ1n) is 4.97. The number of hydrogen-bond donors (Lipinski definition) is 1. The summed E-state index contributed by atoms with van der Waals surface area (Å²) in [6.45, 7) is 0. The zero-order valence-corrected chi connectivity index (χ0v) is 9.73. The summed E-state index contributed by atoms with van der Waals surface area (Å²) < 4.78 is 25.8. The van der Waals surface area contributed by atoms with Gasteiger partial charge in [0.2, 0.25) is 0 Å². The Kier molecular flexibility index (Phi) is 3.57. The van der Waals surface area contributed by atoms with Gasteiger partial charge in [-0.3, -0.25) is 4.79 Å². The summed E-state index contributed by atoms with van der Waals surface area (Å²) in [6, 6.07) is 6.26. The van der Waals surface area contributed by atoms with Gasteiger partial charge in [0, 0.05) is 12.4 Å². The van der Waals surface area contributed by atoms with Crippen molar-refractivity contribution in [1.29, 1.82) is 0 Å². The number of carbonyl (C=O) groups excluding carboxylic acids is 1. The van der Waals surface area contributed by atoms with Gasteiger partial charge in [-0.05, 0) is 18.2 Å². The van der Waals surface area contributed by atoms with Crippen LogP contribution < -0.4 is 5.32 Å². The zero-order chi connectivity index (χ0) is 13.1. The standard InChI is InChI=1S/C11H8ClF2N3O/c12-7-3-1-4-8(16-11(18)10(13)14)9(7)17-6-2-5-15-17/h1-6,10H,(H,16,18). The molecular formula is C11H8ClF2N3O. The largest absolute Gasteiger partial charge is 0.319 e. The van der Waals surface area contributed by atoms with Crippen molar-refractivity contribution in [1.82, 2.24) is 9.78 Å². The van der Waals surface area contributed by atoms with Crippen molar-refractivity contribution < 1.29 is 13.6 Å². The molecule has 1 N–H and O–H groups in total. The molecule has 0 spiro atoms. The molecule has 0 aliphatic carbocycles. The van der Waals surface area contributed by atoms with Gasteiger partial charge < -0.3 is 5.32 Å². The van der Waals surface area contributed by atoms with Crippen LogP contribution in [0.1, 0.15) is 0 Å². The Morgan fingerprint density at radius 3 is 2.78 bits per heavy atom. The second kappa shape index (κ2) is 5.14. The first kappa shape index (κ1) is 12.5. The van der Waals surface area contributed by atoms with E-state index >= 15 is 0 Å².